The third-order valence-electron chi connectivity index (χ3n) is 2.40. The summed E-state index contributed by atoms with van der Waals surface area (Å²) in [4.78, 5) is 14.8. The van der Waals surface area contributed by atoms with E-state index in [2.05, 4.69) is 9.80 Å². The van der Waals surface area contributed by atoms with Gasteiger partial charge in [-0.15, -0.1) is 0 Å². The number of halogens is 1. The summed E-state index contributed by atoms with van der Waals surface area (Å²) in [6.07, 6.45) is 0.801. The van der Waals surface area contributed by atoms with Crippen LogP contribution in [0.1, 0.15) is 10.4 Å². The van der Waals surface area contributed by atoms with Crippen molar-refractivity contribution in [2.75, 3.05) is 39.1 Å². The predicted molar refractivity (Wildman–Crippen MR) is 68.7 cm³/mol. The normalized spacial score (nSPS) is 10.6. The second-order valence-corrected chi connectivity index (χ2v) is 4.46. The van der Waals surface area contributed by atoms with Gasteiger partial charge in [0.15, 0.2) is 0 Å². The highest BCUT2D eigenvalue weighted by Gasteiger charge is 2.06. The quantitative estimate of drug-likeness (QED) is 0.737. The highest BCUT2D eigenvalue weighted by molar-refractivity contribution is 6.33. The minimum atomic E-state index is 0.606. The standard InChI is InChI=1S/C12H17ClN2O/c1-14(2)6-7-15(3)12-5-4-10(9-16)8-11(12)13/h4-5,8-9H,6-7H2,1-3H3. The number of hydrogen-bond acceptors (Lipinski definition) is 3. The zero-order valence-corrected chi connectivity index (χ0v) is 10.7. The molecule has 0 aliphatic heterocycles. The van der Waals surface area contributed by atoms with E-state index < -0.39 is 0 Å². The molecule has 0 radical (unpaired) electrons. The van der Waals surface area contributed by atoms with E-state index in [9.17, 15) is 4.79 Å². The number of carbonyl (C=O) groups excluding carboxylic acids is 1. The van der Waals surface area contributed by atoms with Crippen LogP contribution in [0.3, 0.4) is 0 Å². The summed E-state index contributed by atoms with van der Waals surface area (Å²) in [6, 6.07) is 5.35. The molecule has 16 heavy (non-hydrogen) atoms. The molecular weight excluding hydrogens is 224 g/mol. The van der Waals surface area contributed by atoms with Crippen LogP contribution in [0.25, 0.3) is 0 Å². The van der Waals surface area contributed by atoms with Gasteiger partial charge in [-0.05, 0) is 32.3 Å². The molecule has 0 heterocycles. The third-order valence-corrected chi connectivity index (χ3v) is 2.70. The summed E-state index contributed by atoms with van der Waals surface area (Å²) in [5.74, 6) is 0. The molecule has 1 rings (SSSR count). The highest BCUT2D eigenvalue weighted by Crippen LogP contribution is 2.25. The van der Waals surface area contributed by atoms with Gasteiger partial charge < -0.3 is 9.80 Å². The Morgan fingerprint density at radius 3 is 2.44 bits per heavy atom. The van der Waals surface area contributed by atoms with Gasteiger partial charge in [-0.2, -0.15) is 0 Å². The Morgan fingerprint density at radius 1 is 1.25 bits per heavy atom. The number of hydrogen-bond donors (Lipinski definition) is 0. The Balaban J connectivity index is 2.75. The van der Waals surface area contributed by atoms with E-state index in [1.165, 1.54) is 0 Å². The molecule has 0 saturated heterocycles. The summed E-state index contributed by atoms with van der Waals surface area (Å²) in [5.41, 5.74) is 1.56. The lowest BCUT2D eigenvalue weighted by atomic mass is 10.2. The molecule has 1 aromatic rings. The van der Waals surface area contributed by atoms with Crippen molar-refractivity contribution in [2.24, 2.45) is 0 Å². The van der Waals surface area contributed by atoms with Crippen LogP contribution in [0.2, 0.25) is 5.02 Å². The maximum Gasteiger partial charge on any atom is 0.150 e. The highest BCUT2D eigenvalue weighted by atomic mass is 35.5. The van der Waals surface area contributed by atoms with Gasteiger partial charge in [-0.25, -0.2) is 0 Å². The molecule has 0 bridgehead atoms. The van der Waals surface area contributed by atoms with Crippen molar-refractivity contribution in [3.05, 3.63) is 28.8 Å². The van der Waals surface area contributed by atoms with Gasteiger partial charge in [-0.1, -0.05) is 11.6 Å². The van der Waals surface area contributed by atoms with Gasteiger partial charge in [0.25, 0.3) is 0 Å². The van der Waals surface area contributed by atoms with Crippen LogP contribution in [-0.2, 0) is 0 Å². The van der Waals surface area contributed by atoms with Gasteiger partial charge in [-0.3, -0.25) is 4.79 Å². The lowest BCUT2D eigenvalue weighted by Gasteiger charge is -2.22. The molecule has 0 unspecified atom stereocenters. The van der Waals surface area contributed by atoms with Gasteiger partial charge in [0.2, 0.25) is 0 Å². The Kier molecular flexibility index (Phi) is 4.77. The monoisotopic (exact) mass is 240 g/mol. The average molecular weight is 241 g/mol. The SMILES string of the molecule is CN(C)CCN(C)c1ccc(C=O)cc1Cl. The Morgan fingerprint density at radius 2 is 1.94 bits per heavy atom. The number of rotatable bonds is 5. The first-order valence-electron chi connectivity index (χ1n) is 5.15. The first-order chi connectivity index (χ1) is 7.54. The van der Waals surface area contributed by atoms with Gasteiger partial charge >= 0.3 is 0 Å². The molecule has 3 nitrogen and oxygen atoms in total. The van der Waals surface area contributed by atoms with Crippen molar-refractivity contribution in [2.45, 2.75) is 0 Å². The molecule has 0 fully saturated rings. The number of carbonyl (C=O) groups is 1. The zero-order chi connectivity index (χ0) is 12.1. The molecule has 4 heteroatoms. The molecule has 0 N–H and O–H groups in total. The van der Waals surface area contributed by atoms with E-state index >= 15 is 0 Å². The van der Waals surface area contributed by atoms with Crippen molar-refractivity contribution in [1.29, 1.82) is 0 Å². The molecule has 0 aliphatic rings. The Hall–Kier alpha value is -1.06. The van der Waals surface area contributed by atoms with Crippen LogP contribution < -0.4 is 4.90 Å². The zero-order valence-electron chi connectivity index (χ0n) is 9.90. The second kappa shape index (κ2) is 5.87. The van der Waals surface area contributed by atoms with E-state index in [0.29, 0.717) is 10.6 Å². The Bertz CT molecular complexity index is 366. The summed E-state index contributed by atoms with van der Waals surface area (Å²) < 4.78 is 0. The molecule has 0 aliphatic carbocycles. The summed E-state index contributed by atoms with van der Waals surface area (Å²) in [7, 11) is 6.06. The average Bonchev–Trinajstić information content (AvgIpc) is 2.25. The topological polar surface area (TPSA) is 23.6 Å². The Labute approximate surface area is 102 Å². The predicted octanol–water partition coefficient (Wildman–Crippen LogP) is 2.15. The molecule has 88 valence electrons. The van der Waals surface area contributed by atoms with Crippen LogP contribution in [0.4, 0.5) is 5.69 Å². The van der Waals surface area contributed by atoms with Gasteiger partial charge in [0.1, 0.15) is 6.29 Å². The van der Waals surface area contributed by atoms with Crippen molar-refractivity contribution in [3.63, 3.8) is 0 Å². The maximum absolute atomic E-state index is 10.6. The van der Waals surface area contributed by atoms with E-state index in [1.54, 1.807) is 12.1 Å². The van der Waals surface area contributed by atoms with Crippen LogP contribution >= 0.6 is 11.6 Å². The summed E-state index contributed by atoms with van der Waals surface area (Å²) in [6.45, 7) is 1.86. The van der Waals surface area contributed by atoms with Gasteiger partial charge in [0.05, 0.1) is 10.7 Å². The van der Waals surface area contributed by atoms with Crippen LogP contribution in [0.15, 0.2) is 18.2 Å². The van der Waals surface area contributed by atoms with Crippen molar-refractivity contribution >= 4 is 23.6 Å². The minimum absolute atomic E-state index is 0.606. The number of likely N-dealkylation sites (N-methyl/N-ethyl adjacent to an activating group) is 2. The van der Waals surface area contributed by atoms with E-state index in [-0.39, 0.29) is 0 Å². The molecular formula is C12H17ClN2O. The summed E-state index contributed by atoms with van der Waals surface area (Å²) in [5, 5.41) is 0.617. The lowest BCUT2D eigenvalue weighted by molar-refractivity contribution is 0.112. The fourth-order valence-corrected chi connectivity index (χ4v) is 1.71. The molecule has 0 spiro atoms. The van der Waals surface area contributed by atoms with Crippen LogP contribution in [0, 0.1) is 0 Å². The fraction of sp³-hybridized carbons (Fsp3) is 0.417. The second-order valence-electron chi connectivity index (χ2n) is 4.05. The molecule has 0 aromatic heterocycles. The van der Waals surface area contributed by atoms with E-state index in [0.717, 1.165) is 25.1 Å². The van der Waals surface area contributed by atoms with Crippen molar-refractivity contribution < 1.29 is 4.79 Å². The number of benzene rings is 1. The van der Waals surface area contributed by atoms with E-state index in [1.807, 2.05) is 27.2 Å². The maximum atomic E-state index is 10.6. The number of aldehydes is 1. The summed E-state index contributed by atoms with van der Waals surface area (Å²) >= 11 is 6.10. The van der Waals surface area contributed by atoms with Gasteiger partial charge in [0, 0.05) is 25.7 Å². The van der Waals surface area contributed by atoms with Crippen LogP contribution in [0.5, 0.6) is 0 Å². The third kappa shape index (κ3) is 3.51. The smallest absolute Gasteiger partial charge is 0.150 e. The van der Waals surface area contributed by atoms with E-state index in [4.69, 9.17) is 11.6 Å². The fourth-order valence-electron chi connectivity index (χ4n) is 1.38. The first kappa shape index (κ1) is 13.0. The van der Waals surface area contributed by atoms with Crippen LogP contribution in [-0.4, -0.2) is 45.4 Å². The molecule has 0 atom stereocenters. The largest absolute Gasteiger partial charge is 0.372 e. The number of nitrogens with zero attached hydrogens (tertiary/aromatic N) is 2. The lowest BCUT2D eigenvalue weighted by Crippen LogP contribution is -2.28. The first-order valence-corrected chi connectivity index (χ1v) is 5.53. The minimum Gasteiger partial charge on any atom is -0.372 e. The van der Waals surface area contributed by atoms with Crippen molar-refractivity contribution in [3.8, 4) is 0 Å². The molecule has 0 saturated carbocycles. The molecule has 1 aromatic carbocycles. The molecule has 0 amide bonds. The number of anilines is 1. The van der Waals surface area contributed by atoms with Crippen molar-refractivity contribution in [1.82, 2.24) is 4.90 Å².